The second kappa shape index (κ2) is 6.35. The van der Waals surface area contributed by atoms with Crippen LogP contribution in [0.25, 0.3) is 0 Å². The second-order valence-corrected chi connectivity index (χ2v) is 5.31. The molecule has 0 saturated heterocycles. The molecule has 3 N–H and O–H groups in total. The van der Waals surface area contributed by atoms with E-state index in [0.717, 1.165) is 5.69 Å². The molecule has 0 saturated carbocycles. The van der Waals surface area contributed by atoms with Crippen LogP contribution in [-0.2, 0) is 13.5 Å². The number of carbonyl (C=O) groups is 2. The van der Waals surface area contributed by atoms with Gasteiger partial charge in [0.15, 0.2) is 5.69 Å². The SMILES string of the molecule is Cc1nn(C)cc1NC(=O)NCCc1nc(C(=O)O)cs1. The minimum Gasteiger partial charge on any atom is -0.476 e. The zero-order valence-corrected chi connectivity index (χ0v) is 12.4. The first-order valence-corrected chi connectivity index (χ1v) is 7.06. The molecule has 0 unspecified atom stereocenters. The van der Waals surface area contributed by atoms with Gasteiger partial charge in [0.05, 0.1) is 16.4 Å². The number of amides is 2. The molecule has 9 heteroatoms. The van der Waals surface area contributed by atoms with Gasteiger partial charge in [-0.3, -0.25) is 4.68 Å². The van der Waals surface area contributed by atoms with Crippen LogP contribution in [0.5, 0.6) is 0 Å². The van der Waals surface area contributed by atoms with Crippen molar-refractivity contribution >= 4 is 29.0 Å². The quantitative estimate of drug-likeness (QED) is 0.770. The first-order valence-electron chi connectivity index (χ1n) is 6.18. The standard InChI is InChI=1S/C12H15N5O3S/c1-7-8(5-17(2)16-7)15-12(20)13-4-3-10-14-9(6-21-10)11(18)19/h5-6H,3-4H2,1-2H3,(H,18,19)(H2,13,15,20). The summed E-state index contributed by atoms with van der Waals surface area (Å²) in [5.74, 6) is -1.05. The molecule has 2 aromatic heterocycles. The number of aryl methyl sites for hydroxylation is 2. The molecular weight excluding hydrogens is 294 g/mol. The van der Waals surface area contributed by atoms with Crippen LogP contribution in [0.1, 0.15) is 21.2 Å². The monoisotopic (exact) mass is 309 g/mol. The Kier molecular flexibility index (Phi) is 4.53. The van der Waals surface area contributed by atoms with Crippen molar-refractivity contribution in [1.29, 1.82) is 0 Å². The van der Waals surface area contributed by atoms with Gasteiger partial charge >= 0.3 is 12.0 Å². The number of aromatic carboxylic acids is 1. The van der Waals surface area contributed by atoms with Gasteiger partial charge < -0.3 is 15.7 Å². The Morgan fingerprint density at radius 2 is 2.24 bits per heavy atom. The Labute approximate surface area is 124 Å². The van der Waals surface area contributed by atoms with Crippen molar-refractivity contribution in [3.8, 4) is 0 Å². The van der Waals surface area contributed by atoms with E-state index < -0.39 is 5.97 Å². The van der Waals surface area contributed by atoms with Crippen LogP contribution in [0.3, 0.4) is 0 Å². The van der Waals surface area contributed by atoms with E-state index in [2.05, 4.69) is 20.7 Å². The zero-order chi connectivity index (χ0) is 15.4. The summed E-state index contributed by atoms with van der Waals surface area (Å²) in [6.07, 6.45) is 2.20. The lowest BCUT2D eigenvalue weighted by Gasteiger charge is -2.05. The molecule has 0 aliphatic rings. The van der Waals surface area contributed by atoms with Crippen molar-refractivity contribution in [3.63, 3.8) is 0 Å². The molecular formula is C12H15N5O3S. The highest BCUT2D eigenvalue weighted by molar-refractivity contribution is 7.09. The lowest BCUT2D eigenvalue weighted by molar-refractivity contribution is 0.0691. The predicted octanol–water partition coefficient (Wildman–Crippen LogP) is 1.25. The van der Waals surface area contributed by atoms with E-state index in [4.69, 9.17) is 5.11 Å². The summed E-state index contributed by atoms with van der Waals surface area (Å²) in [5, 5.41) is 20.4. The van der Waals surface area contributed by atoms with Crippen molar-refractivity contribution in [2.45, 2.75) is 13.3 Å². The third kappa shape index (κ3) is 4.02. The van der Waals surface area contributed by atoms with Gasteiger partial charge in [-0.15, -0.1) is 11.3 Å². The van der Waals surface area contributed by atoms with Crippen LogP contribution in [0.2, 0.25) is 0 Å². The zero-order valence-electron chi connectivity index (χ0n) is 11.6. The molecule has 112 valence electrons. The van der Waals surface area contributed by atoms with E-state index >= 15 is 0 Å². The molecule has 2 aromatic rings. The Hall–Kier alpha value is -2.42. The van der Waals surface area contributed by atoms with Gasteiger partial charge in [0.2, 0.25) is 0 Å². The van der Waals surface area contributed by atoms with Crippen LogP contribution >= 0.6 is 11.3 Å². The van der Waals surface area contributed by atoms with E-state index in [9.17, 15) is 9.59 Å². The number of carbonyl (C=O) groups excluding carboxylic acids is 1. The minimum atomic E-state index is -1.05. The number of nitrogens with one attached hydrogen (secondary N) is 2. The molecule has 0 atom stereocenters. The maximum absolute atomic E-state index is 11.7. The summed E-state index contributed by atoms with van der Waals surface area (Å²) >= 11 is 1.26. The number of nitrogens with zero attached hydrogens (tertiary/aromatic N) is 3. The summed E-state index contributed by atoms with van der Waals surface area (Å²) in [6, 6.07) is -0.332. The molecule has 0 bridgehead atoms. The van der Waals surface area contributed by atoms with Crippen molar-refractivity contribution < 1.29 is 14.7 Å². The maximum atomic E-state index is 11.7. The first-order chi connectivity index (χ1) is 9.95. The van der Waals surface area contributed by atoms with Gasteiger partial charge in [0, 0.05) is 31.6 Å². The highest BCUT2D eigenvalue weighted by Gasteiger charge is 2.10. The largest absolute Gasteiger partial charge is 0.476 e. The summed E-state index contributed by atoms with van der Waals surface area (Å²) in [6.45, 7) is 2.18. The lowest BCUT2D eigenvalue weighted by atomic mass is 10.4. The fourth-order valence-electron chi connectivity index (χ4n) is 1.70. The number of aromatic nitrogens is 3. The smallest absolute Gasteiger partial charge is 0.355 e. The molecule has 2 amide bonds. The average Bonchev–Trinajstić information content (AvgIpc) is 2.97. The highest BCUT2D eigenvalue weighted by atomic mass is 32.1. The number of carboxylic acid groups (broad SMARTS) is 1. The minimum absolute atomic E-state index is 0.0328. The van der Waals surface area contributed by atoms with E-state index in [1.54, 1.807) is 24.9 Å². The Morgan fingerprint density at radius 3 is 2.81 bits per heavy atom. The third-order valence-corrected chi connectivity index (χ3v) is 3.57. The van der Waals surface area contributed by atoms with Crippen molar-refractivity contribution in [3.05, 3.63) is 28.0 Å². The van der Waals surface area contributed by atoms with E-state index in [0.29, 0.717) is 23.7 Å². The van der Waals surface area contributed by atoms with Gasteiger partial charge in [0.1, 0.15) is 0 Å². The number of rotatable bonds is 5. The normalized spacial score (nSPS) is 10.4. The van der Waals surface area contributed by atoms with Crippen LogP contribution in [-0.4, -0.2) is 38.4 Å². The van der Waals surface area contributed by atoms with Crippen LogP contribution in [0.15, 0.2) is 11.6 Å². The summed E-state index contributed by atoms with van der Waals surface area (Å²) < 4.78 is 1.62. The van der Waals surface area contributed by atoms with Crippen LogP contribution < -0.4 is 10.6 Å². The third-order valence-electron chi connectivity index (χ3n) is 2.66. The number of urea groups is 1. The maximum Gasteiger partial charge on any atom is 0.355 e. The molecule has 0 radical (unpaired) electrons. The van der Waals surface area contributed by atoms with Crippen molar-refractivity contribution in [2.75, 3.05) is 11.9 Å². The topological polar surface area (TPSA) is 109 Å². The Balaban J connectivity index is 1.78. The second-order valence-electron chi connectivity index (χ2n) is 4.36. The fourth-order valence-corrected chi connectivity index (χ4v) is 2.47. The number of anilines is 1. The lowest BCUT2D eigenvalue weighted by Crippen LogP contribution is -2.30. The number of carboxylic acids is 1. The van der Waals surface area contributed by atoms with Gasteiger partial charge in [-0.2, -0.15) is 5.10 Å². The summed E-state index contributed by atoms with van der Waals surface area (Å²) in [7, 11) is 1.78. The average molecular weight is 309 g/mol. The van der Waals surface area contributed by atoms with E-state index in [1.165, 1.54) is 16.7 Å². The number of hydrogen-bond donors (Lipinski definition) is 3. The first kappa shape index (κ1) is 15.0. The highest BCUT2D eigenvalue weighted by Crippen LogP contribution is 2.11. The Bertz CT molecular complexity index is 664. The summed E-state index contributed by atoms with van der Waals surface area (Å²) in [4.78, 5) is 26.3. The molecule has 0 aliphatic heterocycles. The van der Waals surface area contributed by atoms with Crippen LogP contribution in [0.4, 0.5) is 10.5 Å². The fraction of sp³-hybridized carbons (Fsp3) is 0.333. The van der Waals surface area contributed by atoms with Crippen LogP contribution in [0, 0.1) is 6.92 Å². The number of hydrogen-bond acceptors (Lipinski definition) is 5. The predicted molar refractivity (Wildman–Crippen MR) is 77.7 cm³/mol. The Morgan fingerprint density at radius 1 is 1.48 bits per heavy atom. The molecule has 2 heterocycles. The molecule has 8 nitrogen and oxygen atoms in total. The molecule has 0 spiro atoms. The molecule has 0 aliphatic carbocycles. The molecule has 0 aromatic carbocycles. The summed E-state index contributed by atoms with van der Waals surface area (Å²) in [5.41, 5.74) is 1.42. The molecule has 21 heavy (non-hydrogen) atoms. The van der Waals surface area contributed by atoms with Gasteiger partial charge in [-0.1, -0.05) is 0 Å². The van der Waals surface area contributed by atoms with E-state index in [1.807, 2.05) is 0 Å². The van der Waals surface area contributed by atoms with Crippen molar-refractivity contribution in [2.24, 2.45) is 7.05 Å². The van der Waals surface area contributed by atoms with Crippen molar-refractivity contribution in [1.82, 2.24) is 20.1 Å². The molecule has 0 fully saturated rings. The number of thiazole rings is 1. The van der Waals surface area contributed by atoms with Gasteiger partial charge in [-0.05, 0) is 6.92 Å². The van der Waals surface area contributed by atoms with Gasteiger partial charge in [-0.25, -0.2) is 14.6 Å². The van der Waals surface area contributed by atoms with E-state index in [-0.39, 0.29) is 11.7 Å². The molecule has 2 rings (SSSR count). The van der Waals surface area contributed by atoms with Gasteiger partial charge in [0.25, 0.3) is 0 Å².